The molecule has 2 aromatic carbocycles. The highest BCUT2D eigenvalue weighted by atomic mass is 32.2. The van der Waals surface area contributed by atoms with E-state index < -0.39 is 15.9 Å². The average Bonchev–Trinajstić information content (AvgIpc) is 3.22. The van der Waals surface area contributed by atoms with Gasteiger partial charge < -0.3 is 14.5 Å². The van der Waals surface area contributed by atoms with Gasteiger partial charge in [-0.05, 0) is 73.9 Å². The Kier molecular flexibility index (Phi) is 7.65. The molecule has 2 aromatic rings. The summed E-state index contributed by atoms with van der Waals surface area (Å²) in [6.07, 6.45) is 9.96. The number of fused-ring (bicyclic) bond motifs is 1. The third-order valence-corrected chi connectivity index (χ3v) is 9.52. The molecule has 0 bridgehead atoms. The van der Waals surface area contributed by atoms with Crippen molar-refractivity contribution in [2.75, 3.05) is 22.6 Å². The standard InChI is InChI=1S/C30H38N2O5S/c1-20-19-31(30(34)29-17-16-28(37-29)23-8-6-4-5-7-9-23)27-18-24(12-15-26(27)32(20)21(2)33)22-10-13-25(14-11-22)38(3,35)36/h10-15,18,20,23,28-29H,4-9,16-17,19H2,1-3H3/t20-,28?,29?/m0/s1. The molecule has 3 atom stereocenters. The highest BCUT2D eigenvalue weighted by molar-refractivity contribution is 7.90. The molecule has 0 aromatic heterocycles. The predicted molar refractivity (Wildman–Crippen MR) is 149 cm³/mol. The van der Waals surface area contributed by atoms with Gasteiger partial charge in [0, 0.05) is 19.7 Å². The Bertz CT molecular complexity index is 1300. The summed E-state index contributed by atoms with van der Waals surface area (Å²) in [5, 5.41) is 0. The lowest BCUT2D eigenvalue weighted by Gasteiger charge is -2.41. The van der Waals surface area contributed by atoms with E-state index in [0.717, 1.165) is 24.0 Å². The number of benzene rings is 2. The number of hydrogen-bond donors (Lipinski definition) is 0. The number of hydrogen-bond acceptors (Lipinski definition) is 5. The molecular weight excluding hydrogens is 500 g/mol. The molecule has 38 heavy (non-hydrogen) atoms. The lowest BCUT2D eigenvalue weighted by molar-refractivity contribution is -0.131. The first-order valence-corrected chi connectivity index (χ1v) is 15.7. The number of sulfone groups is 1. The van der Waals surface area contributed by atoms with Gasteiger partial charge in [0.2, 0.25) is 5.91 Å². The summed E-state index contributed by atoms with van der Waals surface area (Å²) < 4.78 is 30.2. The second-order valence-electron chi connectivity index (χ2n) is 11.2. The van der Waals surface area contributed by atoms with Gasteiger partial charge in [-0.2, -0.15) is 0 Å². The Hall–Kier alpha value is -2.71. The third kappa shape index (κ3) is 5.38. The van der Waals surface area contributed by atoms with E-state index >= 15 is 0 Å². The van der Waals surface area contributed by atoms with E-state index in [1.54, 1.807) is 41.0 Å². The molecular formula is C30H38N2O5S. The van der Waals surface area contributed by atoms with Gasteiger partial charge in [-0.1, -0.05) is 43.9 Å². The molecule has 8 heteroatoms. The Balaban J connectivity index is 1.44. The quantitative estimate of drug-likeness (QED) is 0.489. The molecule has 1 saturated carbocycles. The second kappa shape index (κ2) is 10.8. The van der Waals surface area contributed by atoms with Crippen LogP contribution in [0.2, 0.25) is 0 Å². The Morgan fingerprint density at radius 2 is 1.53 bits per heavy atom. The molecule has 7 nitrogen and oxygen atoms in total. The minimum atomic E-state index is -3.29. The highest BCUT2D eigenvalue weighted by Gasteiger charge is 2.41. The minimum Gasteiger partial charge on any atom is -0.365 e. The first-order chi connectivity index (χ1) is 18.1. The van der Waals surface area contributed by atoms with E-state index in [4.69, 9.17) is 4.74 Å². The van der Waals surface area contributed by atoms with Gasteiger partial charge in [0.15, 0.2) is 9.84 Å². The van der Waals surface area contributed by atoms with E-state index in [-0.39, 0.29) is 28.9 Å². The normalized spacial score (nSPS) is 24.7. The summed E-state index contributed by atoms with van der Waals surface area (Å²) in [6.45, 7) is 3.91. The number of carbonyl (C=O) groups excluding carboxylic acids is 2. The van der Waals surface area contributed by atoms with Crippen LogP contribution in [0.1, 0.15) is 65.2 Å². The number of rotatable bonds is 4. The van der Waals surface area contributed by atoms with Gasteiger partial charge in [-0.3, -0.25) is 9.59 Å². The molecule has 0 spiro atoms. The van der Waals surface area contributed by atoms with Gasteiger partial charge >= 0.3 is 0 Å². The first kappa shape index (κ1) is 26.9. The molecule has 204 valence electrons. The van der Waals surface area contributed by atoms with E-state index in [1.165, 1.54) is 44.8 Å². The number of nitrogens with zero attached hydrogens (tertiary/aromatic N) is 2. The van der Waals surface area contributed by atoms with Crippen LogP contribution in [0.4, 0.5) is 11.4 Å². The smallest absolute Gasteiger partial charge is 0.256 e. The van der Waals surface area contributed by atoms with Crippen molar-refractivity contribution in [1.29, 1.82) is 0 Å². The monoisotopic (exact) mass is 538 g/mol. The molecule has 5 rings (SSSR count). The number of carbonyl (C=O) groups is 2. The van der Waals surface area contributed by atoms with Crippen LogP contribution >= 0.6 is 0 Å². The summed E-state index contributed by atoms with van der Waals surface area (Å²) in [4.78, 5) is 30.3. The fourth-order valence-electron chi connectivity index (χ4n) is 6.44. The van der Waals surface area contributed by atoms with Crippen LogP contribution in [0, 0.1) is 5.92 Å². The van der Waals surface area contributed by atoms with Crippen molar-refractivity contribution in [3.8, 4) is 11.1 Å². The van der Waals surface area contributed by atoms with Gasteiger partial charge in [-0.15, -0.1) is 0 Å². The summed E-state index contributed by atoms with van der Waals surface area (Å²) in [5.41, 5.74) is 3.09. The number of anilines is 2. The fourth-order valence-corrected chi connectivity index (χ4v) is 7.07. The third-order valence-electron chi connectivity index (χ3n) is 8.39. The highest BCUT2D eigenvalue weighted by Crippen LogP contribution is 2.41. The van der Waals surface area contributed by atoms with Crippen LogP contribution in [0.3, 0.4) is 0 Å². The molecule has 2 fully saturated rings. The maximum Gasteiger partial charge on any atom is 0.256 e. The van der Waals surface area contributed by atoms with Gasteiger partial charge in [0.1, 0.15) is 6.10 Å². The molecule has 0 radical (unpaired) electrons. The Morgan fingerprint density at radius 1 is 0.868 bits per heavy atom. The SMILES string of the molecule is CC(=O)N1c2ccc(-c3ccc(S(C)(=O)=O)cc3)cc2N(C(=O)C2CCC(C3CCCCCC3)O2)C[C@@H]1C. The number of ether oxygens (including phenoxy) is 1. The lowest BCUT2D eigenvalue weighted by atomic mass is 9.92. The van der Waals surface area contributed by atoms with Gasteiger partial charge in [0.25, 0.3) is 5.91 Å². The molecule has 1 aliphatic carbocycles. The van der Waals surface area contributed by atoms with Crippen molar-refractivity contribution in [3.05, 3.63) is 42.5 Å². The summed E-state index contributed by atoms with van der Waals surface area (Å²) in [6, 6.07) is 12.3. The zero-order valence-corrected chi connectivity index (χ0v) is 23.4. The molecule has 2 aliphatic heterocycles. The maximum atomic E-state index is 13.9. The van der Waals surface area contributed by atoms with Crippen molar-refractivity contribution >= 4 is 33.0 Å². The van der Waals surface area contributed by atoms with E-state index in [9.17, 15) is 18.0 Å². The largest absolute Gasteiger partial charge is 0.365 e. The molecule has 2 amide bonds. The molecule has 0 N–H and O–H groups in total. The minimum absolute atomic E-state index is 0.0398. The van der Waals surface area contributed by atoms with Crippen LogP contribution in [-0.4, -0.2) is 51.3 Å². The van der Waals surface area contributed by atoms with Crippen molar-refractivity contribution in [3.63, 3.8) is 0 Å². The molecule has 3 aliphatic rings. The summed E-state index contributed by atoms with van der Waals surface area (Å²) in [5.74, 6) is 0.432. The van der Waals surface area contributed by atoms with Crippen LogP contribution in [-0.2, 0) is 24.2 Å². The fraction of sp³-hybridized carbons (Fsp3) is 0.533. The zero-order chi connectivity index (χ0) is 27.0. The topological polar surface area (TPSA) is 84.0 Å². The molecule has 1 saturated heterocycles. The van der Waals surface area contributed by atoms with Crippen molar-refractivity contribution in [1.82, 2.24) is 0 Å². The van der Waals surface area contributed by atoms with Crippen LogP contribution in [0.15, 0.2) is 47.4 Å². The number of amides is 2. The van der Waals surface area contributed by atoms with Gasteiger partial charge in [0.05, 0.1) is 28.4 Å². The van der Waals surface area contributed by atoms with E-state index in [0.29, 0.717) is 23.8 Å². The lowest BCUT2D eigenvalue weighted by Crippen LogP contribution is -2.53. The zero-order valence-electron chi connectivity index (χ0n) is 22.6. The Labute approximate surface area is 226 Å². The summed E-state index contributed by atoms with van der Waals surface area (Å²) >= 11 is 0. The van der Waals surface area contributed by atoms with Crippen LogP contribution in [0.25, 0.3) is 11.1 Å². The van der Waals surface area contributed by atoms with Crippen LogP contribution < -0.4 is 9.80 Å². The molecule has 2 heterocycles. The summed E-state index contributed by atoms with van der Waals surface area (Å²) in [7, 11) is -3.29. The first-order valence-electron chi connectivity index (χ1n) is 13.8. The average molecular weight is 539 g/mol. The van der Waals surface area contributed by atoms with Gasteiger partial charge in [-0.25, -0.2) is 8.42 Å². The Morgan fingerprint density at radius 3 is 2.16 bits per heavy atom. The van der Waals surface area contributed by atoms with E-state index in [2.05, 4.69) is 0 Å². The van der Waals surface area contributed by atoms with Crippen molar-refractivity contribution < 1.29 is 22.7 Å². The van der Waals surface area contributed by atoms with E-state index in [1.807, 2.05) is 25.1 Å². The van der Waals surface area contributed by atoms with Crippen molar-refractivity contribution in [2.24, 2.45) is 5.92 Å². The molecule has 2 unspecified atom stereocenters. The maximum absolute atomic E-state index is 13.9. The second-order valence-corrected chi connectivity index (χ2v) is 13.2. The predicted octanol–water partition coefficient (Wildman–Crippen LogP) is 5.36. The van der Waals surface area contributed by atoms with Crippen LogP contribution in [0.5, 0.6) is 0 Å². The van der Waals surface area contributed by atoms with Crippen molar-refractivity contribution in [2.45, 2.75) is 88.4 Å².